The van der Waals surface area contributed by atoms with E-state index < -0.39 is 0 Å². The quantitative estimate of drug-likeness (QED) is 0.910. The van der Waals surface area contributed by atoms with Gasteiger partial charge in [0.05, 0.1) is 19.3 Å². The van der Waals surface area contributed by atoms with Crippen LogP contribution in [0.4, 0.5) is 0 Å². The summed E-state index contributed by atoms with van der Waals surface area (Å²) < 4.78 is 5.71. The van der Waals surface area contributed by atoms with E-state index in [0.29, 0.717) is 6.04 Å². The van der Waals surface area contributed by atoms with Crippen LogP contribution in [0.3, 0.4) is 0 Å². The Balaban J connectivity index is 1.81. The highest BCUT2D eigenvalue weighted by Gasteiger charge is 2.22. The molecule has 0 amide bonds. The van der Waals surface area contributed by atoms with Gasteiger partial charge < -0.3 is 10.1 Å². The van der Waals surface area contributed by atoms with Crippen molar-refractivity contribution in [2.45, 2.75) is 32.5 Å². The number of benzene rings is 2. The first-order valence-electron chi connectivity index (χ1n) is 7.23. The lowest BCUT2D eigenvalue weighted by atomic mass is 9.96. The molecule has 1 unspecified atom stereocenters. The Morgan fingerprint density at radius 1 is 1.10 bits per heavy atom. The summed E-state index contributed by atoms with van der Waals surface area (Å²) >= 11 is 0. The molecule has 0 aliphatic carbocycles. The molecule has 1 heterocycles. The van der Waals surface area contributed by atoms with Gasteiger partial charge in [-0.2, -0.15) is 0 Å². The molecular weight excluding hydrogens is 246 g/mol. The molecule has 2 aromatic rings. The molecule has 1 aliphatic rings. The highest BCUT2D eigenvalue weighted by atomic mass is 16.5. The van der Waals surface area contributed by atoms with Gasteiger partial charge in [0.15, 0.2) is 0 Å². The molecule has 1 N–H and O–H groups in total. The fraction of sp³-hybridized carbons (Fsp3) is 0.333. The van der Waals surface area contributed by atoms with Crippen molar-refractivity contribution >= 4 is 0 Å². The number of fused-ring (bicyclic) bond motifs is 1. The Kier molecular flexibility index (Phi) is 3.86. The summed E-state index contributed by atoms with van der Waals surface area (Å²) in [5, 5.41) is 3.71. The number of aryl methyl sites for hydroxylation is 1. The molecule has 0 saturated carbocycles. The summed E-state index contributed by atoms with van der Waals surface area (Å²) in [6, 6.07) is 17.7. The van der Waals surface area contributed by atoms with Crippen molar-refractivity contribution in [1.82, 2.24) is 5.32 Å². The first-order chi connectivity index (χ1) is 9.75. The number of hydrogen-bond donors (Lipinski definition) is 1. The summed E-state index contributed by atoms with van der Waals surface area (Å²) in [6.45, 7) is 5.86. The third-order valence-corrected chi connectivity index (χ3v) is 4.08. The van der Waals surface area contributed by atoms with E-state index in [2.05, 4.69) is 67.7 Å². The molecule has 2 atom stereocenters. The number of rotatable bonds is 3. The van der Waals surface area contributed by atoms with Crippen LogP contribution < -0.4 is 5.32 Å². The van der Waals surface area contributed by atoms with Crippen molar-refractivity contribution in [3.63, 3.8) is 0 Å². The maximum Gasteiger partial charge on any atom is 0.0721 e. The average Bonchev–Trinajstić information content (AvgIpc) is 2.48. The fourth-order valence-electron chi connectivity index (χ4n) is 2.98. The SMILES string of the molecule is Cc1ccccc1[C@H](C)NC1COCc2ccccc21. The van der Waals surface area contributed by atoms with Gasteiger partial charge in [0.25, 0.3) is 0 Å². The summed E-state index contributed by atoms with van der Waals surface area (Å²) in [6.07, 6.45) is 0. The molecule has 20 heavy (non-hydrogen) atoms. The lowest BCUT2D eigenvalue weighted by Crippen LogP contribution is -2.31. The molecule has 0 bridgehead atoms. The molecule has 0 fully saturated rings. The van der Waals surface area contributed by atoms with Gasteiger partial charge in [-0.3, -0.25) is 0 Å². The molecule has 0 radical (unpaired) electrons. The van der Waals surface area contributed by atoms with E-state index in [-0.39, 0.29) is 6.04 Å². The van der Waals surface area contributed by atoms with Gasteiger partial charge in [0.2, 0.25) is 0 Å². The Bertz CT molecular complexity index is 593. The minimum absolute atomic E-state index is 0.273. The summed E-state index contributed by atoms with van der Waals surface area (Å²) in [5.41, 5.74) is 5.36. The zero-order valence-electron chi connectivity index (χ0n) is 12.1. The van der Waals surface area contributed by atoms with Gasteiger partial charge >= 0.3 is 0 Å². The van der Waals surface area contributed by atoms with Crippen molar-refractivity contribution in [2.24, 2.45) is 0 Å². The largest absolute Gasteiger partial charge is 0.375 e. The van der Waals surface area contributed by atoms with E-state index in [1.807, 2.05) is 0 Å². The minimum atomic E-state index is 0.273. The van der Waals surface area contributed by atoms with Gasteiger partial charge in [0, 0.05) is 6.04 Å². The van der Waals surface area contributed by atoms with Gasteiger partial charge in [-0.05, 0) is 36.1 Å². The zero-order valence-corrected chi connectivity index (χ0v) is 12.1. The van der Waals surface area contributed by atoms with Crippen molar-refractivity contribution in [3.8, 4) is 0 Å². The van der Waals surface area contributed by atoms with E-state index >= 15 is 0 Å². The summed E-state index contributed by atoms with van der Waals surface area (Å²) in [4.78, 5) is 0. The molecule has 2 heteroatoms. The van der Waals surface area contributed by atoms with Crippen LogP contribution in [0.1, 0.15) is 41.3 Å². The van der Waals surface area contributed by atoms with Crippen molar-refractivity contribution in [2.75, 3.05) is 6.61 Å². The molecular formula is C18H21NO. The van der Waals surface area contributed by atoms with E-state index in [1.165, 1.54) is 22.3 Å². The first-order valence-corrected chi connectivity index (χ1v) is 7.23. The molecule has 0 spiro atoms. The number of nitrogens with one attached hydrogen (secondary N) is 1. The van der Waals surface area contributed by atoms with Crippen LogP contribution in [0.2, 0.25) is 0 Å². The van der Waals surface area contributed by atoms with Gasteiger partial charge in [-0.1, -0.05) is 48.5 Å². The van der Waals surface area contributed by atoms with Gasteiger partial charge in [-0.15, -0.1) is 0 Å². The molecule has 2 nitrogen and oxygen atoms in total. The third-order valence-electron chi connectivity index (χ3n) is 4.08. The Morgan fingerprint density at radius 3 is 2.70 bits per heavy atom. The predicted octanol–water partition coefficient (Wildman–Crippen LogP) is 3.92. The van der Waals surface area contributed by atoms with Crippen LogP contribution in [-0.2, 0) is 11.3 Å². The molecule has 0 aromatic heterocycles. The second-order valence-electron chi connectivity index (χ2n) is 5.51. The average molecular weight is 267 g/mol. The Hall–Kier alpha value is -1.64. The lowest BCUT2D eigenvalue weighted by molar-refractivity contribution is 0.0790. The van der Waals surface area contributed by atoms with Crippen molar-refractivity contribution < 1.29 is 4.74 Å². The lowest BCUT2D eigenvalue weighted by Gasteiger charge is -2.30. The minimum Gasteiger partial charge on any atom is -0.375 e. The number of hydrogen-bond acceptors (Lipinski definition) is 2. The molecule has 3 rings (SSSR count). The second-order valence-corrected chi connectivity index (χ2v) is 5.51. The van der Waals surface area contributed by atoms with E-state index in [4.69, 9.17) is 4.74 Å². The van der Waals surface area contributed by atoms with Crippen molar-refractivity contribution in [3.05, 3.63) is 70.8 Å². The van der Waals surface area contributed by atoms with E-state index in [1.54, 1.807) is 0 Å². The highest BCUT2D eigenvalue weighted by molar-refractivity contribution is 5.33. The Labute approximate surface area is 120 Å². The smallest absolute Gasteiger partial charge is 0.0721 e. The molecule has 0 saturated heterocycles. The van der Waals surface area contributed by atoms with Crippen LogP contribution >= 0.6 is 0 Å². The van der Waals surface area contributed by atoms with Crippen LogP contribution in [0.15, 0.2) is 48.5 Å². The topological polar surface area (TPSA) is 21.3 Å². The monoisotopic (exact) mass is 267 g/mol. The molecule has 1 aliphatic heterocycles. The van der Waals surface area contributed by atoms with Crippen LogP contribution in [0.5, 0.6) is 0 Å². The first kappa shape index (κ1) is 13.3. The third kappa shape index (κ3) is 2.62. The predicted molar refractivity (Wildman–Crippen MR) is 81.6 cm³/mol. The normalized spacial score (nSPS) is 19.4. The molecule has 2 aromatic carbocycles. The standard InChI is InChI=1S/C18H21NO/c1-13-7-3-5-9-16(13)14(2)19-18-12-20-11-15-8-4-6-10-17(15)18/h3-10,14,18-19H,11-12H2,1-2H3/t14-,18?/m0/s1. The van der Waals surface area contributed by atoms with E-state index in [0.717, 1.165) is 13.2 Å². The van der Waals surface area contributed by atoms with E-state index in [9.17, 15) is 0 Å². The van der Waals surface area contributed by atoms with Crippen molar-refractivity contribution in [1.29, 1.82) is 0 Å². The fourth-order valence-corrected chi connectivity index (χ4v) is 2.98. The van der Waals surface area contributed by atoms with Crippen LogP contribution in [0, 0.1) is 6.92 Å². The maximum atomic E-state index is 5.71. The maximum absolute atomic E-state index is 5.71. The Morgan fingerprint density at radius 2 is 1.85 bits per heavy atom. The summed E-state index contributed by atoms with van der Waals surface area (Å²) in [7, 11) is 0. The summed E-state index contributed by atoms with van der Waals surface area (Å²) in [5.74, 6) is 0. The van der Waals surface area contributed by atoms with Gasteiger partial charge in [-0.25, -0.2) is 0 Å². The molecule has 104 valence electrons. The second kappa shape index (κ2) is 5.78. The number of ether oxygens (including phenoxy) is 1. The highest BCUT2D eigenvalue weighted by Crippen LogP contribution is 2.27. The zero-order chi connectivity index (χ0) is 13.9. The van der Waals surface area contributed by atoms with Gasteiger partial charge in [0.1, 0.15) is 0 Å². The van der Waals surface area contributed by atoms with Crippen LogP contribution in [0.25, 0.3) is 0 Å². The van der Waals surface area contributed by atoms with Crippen LogP contribution in [-0.4, -0.2) is 6.61 Å².